The molecular weight excluding hydrogens is 314 g/mol. The van der Waals surface area contributed by atoms with Crippen LogP contribution in [-0.4, -0.2) is 62.1 Å². The number of rotatable bonds is 7. The van der Waals surface area contributed by atoms with Crippen molar-refractivity contribution in [3.63, 3.8) is 0 Å². The van der Waals surface area contributed by atoms with E-state index in [1.807, 2.05) is 5.38 Å². The Morgan fingerprint density at radius 1 is 1.57 bits per heavy atom. The molecule has 0 aliphatic carbocycles. The highest BCUT2D eigenvalue weighted by molar-refractivity contribution is 7.10. The Hall–Kier alpha value is -1.60. The van der Waals surface area contributed by atoms with Crippen LogP contribution >= 0.6 is 11.3 Å². The fraction of sp³-hybridized carbons (Fsp3) is 0.625. The van der Waals surface area contributed by atoms with E-state index in [4.69, 9.17) is 4.74 Å². The van der Waals surface area contributed by atoms with Crippen molar-refractivity contribution >= 4 is 23.3 Å². The summed E-state index contributed by atoms with van der Waals surface area (Å²) in [5.74, 6) is 0.323. The molecule has 1 N–H and O–H groups in total. The molecule has 6 nitrogen and oxygen atoms in total. The minimum absolute atomic E-state index is 0.0967. The summed E-state index contributed by atoms with van der Waals surface area (Å²) >= 11 is 1.66. The van der Waals surface area contributed by atoms with E-state index in [9.17, 15) is 9.59 Å². The summed E-state index contributed by atoms with van der Waals surface area (Å²) < 4.78 is 5.01. The Bertz CT molecular complexity index is 546. The van der Waals surface area contributed by atoms with Crippen molar-refractivity contribution in [1.82, 2.24) is 15.1 Å². The van der Waals surface area contributed by atoms with Crippen molar-refractivity contribution < 1.29 is 14.3 Å². The number of nitrogens with zero attached hydrogens (tertiary/aromatic N) is 2. The number of nitrogens with one attached hydrogen (secondary N) is 1. The van der Waals surface area contributed by atoms with Gasteiger partial charge in [-0.3, -0.25) is 4.79 Å². The lowest BCUT2D eigenvalue weighted by Gasteiger charge is -2.20. The first kappa shape index (κ1) is 17.7. The average Bonchev–Trinajstić information content (AvgIpc) is 3.08. The molecule has 0 spiro atoms. The maximum atomic E-state index is 12.2. The summed E-state index contributed by atoms with van der Waals surface area (Å²) in [5, 5.41) is 4.97. The number of likely N-dealkylation sites (tertiary alicyclic amines) is 1. The number of amides is 3. The summed E-state index contributed by atoms with van der Waals surface area (Å²) in [6.45, 7) is 5.05. The van der Waals surface area contributed by atoms with Gasteiger partial charge in [-0.1, -0.05) is 0 Å². The van der Waals surface area contributed by atoms with Gasteiger partial charge in [0.25, 0.3) is 0 Å². The molecule has 23 heavy (non-hydrogen) atoms. The maximum absolute atomic E-state index is 12.2. The zero-order valence-corrected chi connectivity index (χ0v) is 14.8. The number of carbonyl (C=O) groups is 2. The van der Waals surface area contributed by atoms with Gasteiger partial charge in [-0.15, -0.1) is 11.3 Å². The summed E-state index contributed by atoms with van der Waals surface area (Å²) in [4.78, 5) is 28.7. The van der Waals surface area contributed by atoms with E-state index in [1.165, 1.54) is 10.4 Å². The first-order chi connectivity index (χ1) is 11.0. The second kappa shape index (κ2) is 8.31. The van der Waals surface area contributed by atoms with Crippen LogP contribution in [0.4, 0.5) is 4.79 Å². The highest BCUT2D eigenvalue weighted by Gasteiger charge is 2.29. The molecule has 1 aliphatic rings. The molecule has 1 fully saturated rings. The maximum Gasteiger partial charge on any atom is 0.317 e. The van der Waals surface area contributed by atoms with E-state index in [2.05, 4.69) is 18.3 Å². The van der Waals surface area contributed by atoms with Gasteiger partial charge >= 0.3 is 6.03 Å². The molecule has 1 saturated heterocycles. The molecule has 0 bridgehead atoms. The van der Waals surface area contributed by atoms with E-state index in [1.54, 1.807) is 35.3 Å². The fourth-order valence-corrected chi connectivity index (χ4v) is 3.59. The number of methoxy groups -OCH3 is 1. The molecule has 1 aromatic heterocycles. The van der Waals surface area contributed by atoms with Crippen molar-refractivity contribution in [3.8, 4) is 0 Å². The van der Waals surface area contributed by atoms with Gasteiger partial charge in [0.1, 0.15) is 0 Å². The van der Waals surface area contributed by atoms with Gasteiger partial charge < -0.3 is 19.9 Å². The molecule has 1 atom stereocenters. The molecule has 1 aromatic rings. The quantitative estimate of drug-likeness (QED) is 0.822. The van der Waals surface area contributed by atoms with Crippen LogP contribution < -0.4 is 5.32 Å². The third-order valence-electron chi connectivity index (χ3n) is 4.10. The number of carbonyl (C=O) groups excluding carboxylic acids is 2. The summed E-state index contributed by atoms with van der Waals surface area (Å²) in [6.07, 6.45) is 0.498. The van der Waals surface area contributed by atoms with Crippen molar-refractivity contribution in [2.45, 2.75) is 19.9 Å². The Kier molecular flexibility index (Phi) is 6.41. The van der Waals surface area contributed by atoms with Crippen LogP contribution in [0.15, 0.2) is 11.4 Å². The molecular formula is C16H25N3O3S. The molecule has 2 rings (SSSR count). The van der Waals surface area contributed by atoms with E-state index in [0.717, 1.165) is 0 Å². The molecule has 1 aliphatic heterocycles. The molecule has 3 amide bonds. The second-order valence-electron chi connectivity index (χ2n) is 5.97. The largest absolute Gasteiger partial charge is 0.383 e. The monoisotopic (exact) mass is 339 g/mol. The predicted molar refractivity (Wildman–Crippen MR) is 90.5 cm³/mol. The zero-order valence-electron chi connectivity index (χ0n) is 14.0. The van der Waals surface area contributed by atoms with Gasteiger partial charge in [0, 0.05) is 51.0 Å². The lowest BCUT2D eigenvalue weighted by molar-refractivity contribution is -0.128. The van der Waals surface area contributed by atoms with Crippen LogP contribution in [0, 0.1) is 12.8 Å². The number of hydrogen-bond acceptors (Lipinski definition) is 4. The van der Waals surface area contributed by atoms with Crippen molar-refractivity contribution in [1.29, 1.82) is 0 Å². The first-order valence-electron chi connectivity index (χ1n) is 7.80. The number of hydrogen-bond donors (Lipinski definition) is 1. The van der Waals surface area contributed by atoms with E-state index in [-0.39, 0.29) is 17.9 Å². The SMILES string of the molecule is COCCN1C[C@@H](CNC(=O)N(C)Cc2sccc2C)CC1=O. The number of thiophene rings is 1. The first-order valence-corrected chi connectivity index (χ1v) is 8.68. The third kappa shape index (κ3) is 4.94. The second-order valence-corrected chi connectivity index (χ2v) is 6.97. The van der Waals surface area contributed by atoms with Gasteiger partial charge in [-0.25, -0.2) is 4.79 Å². The summed E-state index contributed by atoms with van der Waals surface area (Å²) in [7, 11) is 3.42. The predicted octanol–water partition coefficient (Wildman–Crippen LogP) is 1.69. The van der Waals surface area contributed by atoms with Crippen LogP contribution in [0.25, 0.3) is 0 Å². The highest BCUT2D eigenvalue weighted by atomic mass is 32.1. The Morgan fingerprint density at radius 2 is 2.35 bits per heavy atom. The normalized spacial score (nSPS) is 17.6. The van der Waals surface area contributed by atoms with Gasteiger partial charge in [0.15, 0.2) is 0 Å². The molecule has 0 aromatic carbocycles. The average molecular weight is 339 g/mol. The Balaban J connectivity index is 1.74. The van der Waals surface area contributed by atoms with Gasteiger partial charge in [-0.2, -0.15) is 0 Å². The number of urea groups is 1. The van der Waals surface area contributed by atoms with Crippen molar-refractivity contribution in [2.75, 3.05) is 40.4 Å². The van der Waals surface area contributed by atoms with E-state index >= 15 is 0 Å². The number of ether oxygens (including phenoxy) is 1. The van der Waals surface area contributed by atoms with Crippen LogP contribution in [0.5, 0.6) is 0 Å². The van der Waals surface area contributed by atoms with Crippen molar-refractivity contribution in [3.05, 3.63) is 21.9 Å². The standard InChI is InChI=1S/C16H25N3O3S/c1-12-4-7-23-14(12)11-18(2)16(21)17-9-13-8-15(20)19(10-13)5-6-22-3/h4,7,13H,5-6,8-11H2,1-3H3,(H,17,21)/t13-/m1/s1. The summed E-state index contributed by atoms with van der Waals surface area (Å²) in [5.41, 5.74) is 1.21. The highest BCUT2D eigenvalue weighted by Crippen LogP contribution is 2.18. The van der Waals surface area contributed by atoms with Gasteiger partial charge in [0.2, 0.25) is 5.91 Å². The van der Waals surface area contributed by atoms with Crippen LogP contribution in [0.2, 0.25) is 0 Å². The Morgan fingerprint density at radius 3 is 3.00 bits per heavy atom. The van der Waals surface area contributed by atoms with Crippen LogP contribution in [0.1, 0.15) is 16.9 Å². The number of aryl methyl sites for hydroxylation is 1. The Labute approximate surface area is 141 Å². The fourth-order valence-electron chi connectivity index (χ4n) is 2.63. The lowest BCUT2D eigenvalue weighted by atomic mass is 10.1. The van der Waals surface area contributed by atoms with Crippen molar-refractivity contribution in [2.24, 2.45) is 5.92 Å². The molecule has 7 heteroatoms. The topological polar surface area (TPSA) is 61.9 Å². The zero-order chi connectivity index (χ0) is 16.8. The molecule has 0 saturated carbocycles. The van der Waals surface area contributed by atoms with Crippen LogP contribution in [0.3, 0.4) is 0 Å². The smallest absolute Gasteiger partial charge is 0.317 e. The van der Waals surface area contributed by atoms with Gasteiger partial charge in [0.05, 0.1) is 13.2 Å². The summed E-state index contributed by atoms with van der Waals surface area (Å²) in [6, 6.07) is 1.96. The minimum Gasteiger partial charge on any atom is -0.383 e. The van der Waals surface area contributed by atoms with E-state index < -0.39 is 0 Å². The molecule has 0 unspecified atom stereocenters. The molecule has 128 valence electrons. The third-order valence-corrected chi connectivity index (χ3v) is 5.11. The molecule has 2 heterocycles. The molecule has 0 radical (unpaired) electrons. The van der Waals surface area contributed by atoms with Gasteiger partial charge in [-0.05, 0) is 23.9 Å². The lowest BCUT2D eigenvalue weighted by Crippen LogP contribution is -2.39. The van der Waals surface area contributed by atoms with Crippen LogP contribution in [-0.2, 0) is 16.1 Å². The van der Waals surface area contributed by atoms with E-state index in [0.29, 0.717) is 39.2 Å². The minimum atomic E-state index is -0.0967.